The number of sulfonamides is 1. The van der Waals surface area contributed by atoms with Crippen LogP contribution in [0.4, 0.5) is 5.69 Å². The Hall–Kier alpha value is -2.35. The van der Waals surface area contributed by atoms with Crippen LogP contribution in [0.1, 0.15) is 11.1 Å². The van der Waals surface area contributed by atoms with Crippen molar-refractivity contribution in [2.75, 3.05) is 26.5 Å². The van der Waals surface area contributed by atoms with Crippen molar-refractivity contribution in [3.8, 4) is 5.75 Å². The summed E-state index contributed by atoms with van der Waals surface area (Å²) < 4.78 is 31.1. The summed E-state index contributed by atoms with van der Waals surface area (Å²) in [5.74, 6) is -0.118. The first-order chi connectivity index (χ1) is 12.6. The Morgan fingerprint density at radius 1 is 1.19 bits per heavy atom. The van der Waals surface area contributed by atoms with Crippen molar-refractivity contribution in [2.45, 2.75) is 11.8 Å². The molecule has 2 aromatic carbocycles. The van der Waals surface area contributed by atoms with Gasteiger partial charge in [-0.3, -0.25) is 4.79 Å². The molecule has 8 heteroatoms. The first-order valence-corrected chi connectivity index (χ1v) is 9.82. The van der Waals surface area contributed by atoms with E-state index in [-0.39, 0.29) is 16.6 Å². The highest BCUT2D eigenvalue weighted by Crippen LogP contribution is 2.27. The lowest BCUT2D eigenvalue weighted by Crippen LogP contribution is -2.22. The standard InChI is InChI=1S/C19H21ClN2O4S/c1-13-5-8-15(20)12-16(13)21-19(23)10-7-14-6-9-17(26-4)18(11-14)27(24,25)22(2)3/h5-12H,1-4H3,(H,21,23)/b10-7+. The van der Waals surface area contributed by atoms with Gasteiger partial charge in [0.2, 0.25) is 15.9 Å². The maximum atomic E-state index is 12.4. The summed E-state index contributed by atoms with van der Waals surface area (Å²) in [5, 5.41) is 3.27. The molecule has 0 aromatic heterocycles. The molecular weight excluding hydrogens is 388 g/mol. The lowest BCUT2D eigenvalue weighted by atomic mass is 10.2. The van der Waals surface area contributed by atoms with Crippen molar-refractivity contribution in [2.24, 2.45) is 0 Å². The van der Waals surface area contributed by atoms with Crippen molar-refractivity contribution in [3.63, 3.8) is 0 Å². The Bertz CT molecular complexity index is 985. The summed E-state index contributed by atoms with van der Waals surface area (Å²) in [5.41, 5.74) is 2.04. The summed E-state index contributed by atoms with van der Waals surface area (Å²) in [6, 6.07) is 9.90. The fourth-order valence-corrected chi connectivity index (χ4v) is 3.53. The van der Waals surface area contributed by atoms with Crippen LogP contribution in [0.3, 0.4) is 0 Å². The number of benzene rings is 2. The van der Waals surface area contributed by atoms with Crippen LogP contribution < -0.4 is 10.1 Å². The predicted octanol–water partition coefficient (Wildman–Crippen LogP) is 3.56. The Morgan fingerprint density at radius 3 is 2.52 bits per heavy atom. The van der Waals surface area contributed by atoms with E-state index in [1.54, 1.807) is 24.3 Å². The molecule has 0 radical (unpaired) electrons. The van der Waals surface area contributed by atoms with Crippen molar-refractivity contribution in [1.29, 1.82) is 0 Å². The lowest BCUT2D eigenvalue weighted by molar-refractivity contribution is -0.111. The molecule has 27 heavy (non-hydrogen) atoms. The van der Waals surface area contributed by atoms with Crippen molar-refractivity contribution >= 4 is 39.3 Å². The van der Waals surface area contributed by atoms with Gasteiger partial charge in [0.1, 0.15) is 10.6 Å². The van der Waals surface area contributed by atoms with Crippen LogP contribution >= 0.6 is 11.6 Å². The van der Waals surface area contributed by atoms with Gasteiger partial charge >= 0.3 is 0 Å². The molecule has 0 fully saturated rings. The van der Waals surface area contributed by atoms with Crippen LogP contribution in [0.15, 0.2) is 47.4 Å². The number of carbonyl (C=O) groups is 1. The van der Waals surface area contributed by atoms with Gasteiger partial charge in [0.15, 0.2) is 0 Å². The molecule has 6 nitrogen and oxygen atoms in total. The molecule has 0 spiro atoms. The number of anilines is 1. The van der Waals surface area contributed by atoms with E-state index >= 15 is 0 Å². The van der Waals surface area contributed by atoms with Crippen LogP contribution in [0, 0.1) is 6.92 Å². The summed E-state index contributed by atoms with van der Waals surface area (Å²) in [6.45, 7) is 1.86. The minimum Gasteiger partial charge on any atom is -0.495 e. The molecule has 0 aliphatic rings. The number of nitrogens with one attached hydrogen (secondary N) is 1. The van der Waals surface area contributed by atoms with Gasteiger partial charge < -0.3 is 10.1 Å². The van der Waals surface area contributed by atoms with E-state index in [1.807, 2.05) is 13.0 Å². The first kappa shape index (κ1) is 21.0. The molecule has 1 amide bonds. The van der Waals surface area contributed by atoms with Crippen LogP contribution in [-0.4, -0.2) is 39.8 Å². The van der Waals surface area contributed by atoms with Crippen LogP contribution in [0.25, 0.3) is 6.08 Å². The SMILES string of the molecule is COc1ccc(/C=C/C(=O)Nc2cc(Cl)ccc2C)cc1S(=O)(=O)N(C)C. The normalized spacial score (nSPS) is 11.8. The molecule has 144 valence electrons. The number of carbonyl (C=O) groups excluding carboxylic acids is 1. The second kappa shape index (κ2) is 8.56. The van der Waals surface area contributed by atoms with Gasteiger partial charge in [0.25, 0.3) is 0 Å². The number of methoxy groups -OCH3 is 1. The number of amides is 1. The third-order valence-electron chi connectivity index (χ3n) is 3.83. The summed E-state index contributed by atoms with van der Waals surface area (Å²) in [7, 11) is 0.608. The second-order valence-electron chi connectivity index (χ2n) is 5.98. The minimum absolute atomic E-state index is 0.0308. The number of rotatable bonds is 6. The average molecular weight is 409 g/mol. The Kier molecular flexibility index (Phi) is 6.64. The molecule has 0 saturated carbocycles. The zero-order chi connectivity index (χ0) is 20.2. The Balaban J connectivity index is 2.26. The van der Waals surface area contributed by atoms with Crippen molar-refractivity contribution in [1.82, 2.24) is 4.31 Å². The van der Waals surface area contributed by atoms with Gasteiger partial charge in [-0.15, -0.1) is 0 Å². The Morgan fingerprint density at radius 2 is 1.89 bits per heavy atom. The zero-order valence-electron chi connectivity index (χ0n) is 15.5. The van der Waals surface area contributed by atoms with Gasteiger partial charge in [0.05, 0.1) is 7.11 Å². The fourth-order valence-electron chi connectivity index (χ4n) is 2.27. The molecule has 2 rings (SSSR count). The molecule has 0 unspecified atom stereocenters. The number of ether oxygens (including phenoxy) is 1. The summed E-state index contributed by atoms with van der Waals surface area (Å²) in [4.78, 5) is 12.2. The summed E-state index contributed by atoms with van der Waals surface area (Å²) >= 11 is 5.95. The monoisotopic (exact) mass is 408 g/mol. The molecule has 0 aliphatic carbocycles. The van der Waals surface area contributed by atoms with Crippen LogP contribution in [-0.2, 0) is 14.8 Å². The number of hydrogen-bond acceptors (Lipinski definition) is 4. The molecule has 1 N–H and O–H groups in total. The van der Waals surface area contributed by atoms with E-state index < -0.39 is 10.0 Å². The van der Waals surface area contributed by atoms with E-state index in [4.69, 9.17) is 16.3 Å². The van der Waals surface area contributed by atoms with Crippen molar-refractivity contribution < 1.29 is 17.9 Å². The molecule has 0 bridgehead atoms. The molecular formula is C19H21ClN2O4S. The molecule has 0 aliphatic heterocycles. The highest BCUT2D eigenvalue weighted by molar-refractivity contribution is 7.89. The minimum atomic E-state index is -3.68. The maximum Gasteiger partial charge on any atom is 0.248 e. The van der Waals surface area contributed by atoms with Crippen LogP contribution in [0.5, 0.6) is 5.75 Å². The predicted molar refractivity (Wildman–Crippen MR) is 108 cm³/mol. The molecule has 2 aromatic rings. The summed E-state index contributed by atoms with van der Waals surface area (Å²) in [6.07, 6.45) is 2.86. The maximum absolute atomic E-state index is 12.4. The molecule has 0 saturated heterocycles. The molecule has 0 heterocycles. The topological polar surface area (TPSA) is 75.7 Å². The zero-order valence-corrected chi connectivity index (χ0v) is 17.1. The van der Waals surface area contributed by atoms with E-state index in [0.29, 0.717) is 16.3 Å². The van der Waals surface area contributed by atoms with Gasteiger partial charge in [-0.1, -0.05) is 23.7 Å². The largest absolute Gasteiger partial charge is 0.495 e. The van der Waals surface area contributed by atoms with Gasteiger partial charge in [-0.25, -0.2) is 12.7 Å². The average Bonchev–Trinajstić information content (AvgIpc) is 2.62. The number of aryl methyl sites for hydroxylation is 1. The Labute approximate surface area is 164 Å². The third kappa shape index (κ3) is 5.09. The van der Waals surface area contributed by atoms with E-state index in [0.717, 1.165) is 9.87 Å². The van der Waals surface area contributed by atoms with Gasteiger partial charge in [-0.2, -0.15) is 0 Å². The van der Waals surface area contributed by atoms with E-state index in [2.05, 4.69) is 5.32 Å². The first-order valence-electron chi connectivity index (χ1n) is 8.01. The van der Waals surface area contributed by atoms with E-state index in [1.165, 1.54) is 39.4 Å². The lowest BCUT2D eigenvalue weighted by Gasteiger charge is -2.15. The number of halogens is 1. The third-order valence-corrected chi connectivity index (χ3v) is 5.90. The smallest absolute Gasteiger partial charge is 0.248 e. The van der Waals surface area contributed by atoms with Crippen molar-refractivity contribution in [3.05, 3.63) is 58.6 Å². The van der Waals surface area contributed by atoms with Gasteiger partial charge in [-0.05, 0) is 48.4 Å². The highest BCUT2D eigenvalue weighted by atomic mass is 35.5. The number of nitrogens with zero attached hydrogens (tertiary/aromatic N) is 1. The fraction of sp³-hybridized carbons (Fsp3) is 0.211. The highest BCUT2D eigenvalue weighted by Gasteiger charge is 2.22. The van der Waals surface area contributed by atoms with Crippen LogP contribution in [0.2, 0.25) is 5.02 Å². The van der Waals surface area contributed by atoms with E-state index in [9.17, 15) is 13.2 Å². The van der Waals surface area contributed by atoms with Gasteiger partial charge in [0, 0.05) is 30.9 Å². The molecule has 0 atom stereocenters. The number of hydrogen-bond donors (Lipinski definition) is 1. The quantitative estimate of drug-likeness (QED) is 0.741. The second-order valence-corrected chi connectivity index (χ2v) is 8.54.